The van der Waals surface area contributed by atoms with Gasteiger partial charge in [-0.3, -0.25) is 0 Å². The molecule has 0 spiro atoms. The Morgan fingerprint density at radius 3 is 2.71 bits per heavy atom. The van der Waals surface area contributed by atoms with E-state index >= 15 is 0 Å². The molecule has 5 nitrogen and oxygen atoms in total. The number of nitrogens with one attached hydrogen (secondary N) is 2. The lowest BCUT2D eigenvalue weighted by Crippen LogP contribution is -3.06. The number of nitrogens with zero attached hydrogens (tertiary/aromatic N) is 2. The van der Waals surface area contributed by atoms with Crippen LogP contribution < -0.4 is 10.2 Å². The third-order valence-electron chi connectivity index (χ3n) is 3.71. The Kier molecular flexibility index (Phi) is 4.83. The van der Waals surface area contributed by atoms with Crippen LogP contribution in [-0.4, -0.2) is 35.7 Å². The Hall–Kier alpha value is -2.37. The first-order valence-electron chi connectivity index (χ1n) is 7.83. The number of benzene rings is 2. The van der Waals surface area contributed by atoms with E-state index in [0.29, 0.717) is 16.5 Å². The fourth-order valence-electron chi connectivity index (χ4n) is 2.43. The smallest absolute Gasteiger partial charge is 0.142 e. The highest BCUT2D eigenvalue weighted by Crippen LogP contribution is 2.31. The molecule has 3 rings (SSSR count). The molecule has 0 fully saturated rings. The van der Waals surface area contributed by atoms with Gasteiger partial charge in [0.1, 0.15) is 17.4 Å². The molecule has 1 heterocycles. The van der Waals surface area contributed by atoms with E-state index in [1.54, 1.807) is 18.2 Å². The third-order valence-corrected chi connectivity index (χ3v) is 3.94. The van der Waals surface area contributed by atoms with Crippen LogP contribution >= 0.6 is 11.6 Å². The van der Waals surface area contributed by atoms with Crippen molar-refractivity contribution in [3.05, 3.63) is 53.3 Å². The van der Waals surface area contributed by atoms with Gasteiger partial charge in [-0.1, -0.05) is 23.7 Å². The molecule has 3 aromatic rings. The minimum Gasteiger partial charge on any atom is -0.506 e. The Balaban J connectivity index is 2.02. The number of aromatic nitrogens is 2. The minimum absolute atomic E-state index is 0.126. The van der Waals surface area contributed by atoms with Crippen LogP contribution in [0.3, 0.4) is 0 Å². The van der Waals surface area contributed by atoms with Crippen molar-refractivity contribution in [1.82, 2.24) is 9.97 Å². The van der Waals surface area contributed by atoms with Gasteiger partial charge in [-0.05, 0) is 30.3 Å². The van der Waals surface area contributed by atoms with Gasteiger partial charge in [0.2, 0.25) is 0 Å². The van der Waals surface area contributed by atoms with Gasteiger partial charge >= 0.3 is 0 Å². The summed E-state index contributed by atoms with van der Waals surface area (Å²) in [6.07, 6.45) is 0.781. The maximum atomic E-state index is 10.0. The fourth-order valence-corrected chi connectivity index (χ4v) is 2.60. The monoisotopic (exact) mass is 343 g/mol. The van der Waals surface area contributed by atoms with Gasteiger partial charge in [0, 0.05) is 10.4 Å². The van der Waals surface area contributed by atoms with Crippen molar-refractivity contribution in [2.24, 2.45) is 0 Å². The van der Waals surface area contributed by atoms with Crippen molar-refractivity contribution in [1.29, 1.82) is 0 Å². The lowest BCUT2D eigenvalue weighted by molar-refractivity contribution is -0.858. The lowest BCUT2D eigenvalue weighted by Gasteiger charge is -2.13. The number of quaternary nitrogens is 1. The molecule has 6 heteroatoms. The number of hydrogen-bond donors (Lipinski definition) is 3. The van der Waals surface area contributed by atoms with Gasteiger partial charge in [-0.15, -0.1) is 0 Å². The Bertz CT molecular complexity index is 867. The number of phenolic OH excluding ortho intramolecular Hbond substituents is 1. The summed E-state index contributed by atoms with van der Waals surface area (Å²) in [7, 11) is 4.20. The SMILES string of the molecule is C[NH+](C)CCc1nc(Nc2cc(Cl)ccc2O)c2ccccc2n1. The molecular formula is C18H20ClN4O+. The van der Waals surface area contributed by atoms with Crippen LogP contribution in [0, 0.1) is 0 Å². The first kappa shape index (κ1) is 16.5. The van der Waals surface area contributed by atoms with Crippen molar-refractivity contribution in [2.45, 2.75) is 6.42 Å². The van der Waals surface area contributed by atoms with E-state index in [4.69, 9.17) is 11.6 Å². The molecule has 24 heavy (non-hydrogen) atoms. The van der Waals surface area contributed by atoms with E-state index < -0.39 is 0 Å². The molecule has 0 radical (unpaired) electrons. The molecule has 0 unspecified atom stereocenters. The minimum atomic E-state index is 0.126. The van der Waals surface area contributed by atoms with E-state index in [1.165, 1.54) is 4.90 Å². The number of aromatic hydroxyl groups is 1. The van der Waals surface area contributed by atoms with Crippen LogP contribution in [0.25, 0.3) is 10.9 Å². The molecule has 3 N–H and O–H groups in total. The van der Waals surface area contributed by atoms with Crippen molar-refractivity contribution >= 4 is 34.0 Å². The molecule has 0 saturated carbocycles. The van der Waals surface area contributed by atoms with Gasteiger partial charge in [0.05, 0.1) is 38.3 Å². The van der Waals surface area contributed by atoms with Gasteiger partial charge in [-0.2, -0.15) is 0 Å². The van der Waals surface area contributed by atoms with Gasteiger partial charge < -0.3 is 15.3 Å². The summed E-state index contributed by atoms with van der Waals surface area (Å²) in [5, 5.41) is 14.7. The van der Waals surface area contributed by atoms with Crippen molar-refractivity contribution in [3.63, 3.8) is 0 Å². The normalized spacial score (nSPS) is 11.2. The maximum Gasteiger partial charge on any atom is 0.142 e. The summed E-state index contributed by atoms with van der Waals surface area (Å²) in [4.78, 5) is 10.6. The van der Waals surface area contributed by atoms with Gasteiger partial charge in [0.25, 0.3) is 0 Å². The van der Waals surface area contributed by atoms with Crippen molar-refractivity contribution in [3.8, 4) is 5.75 Å². The standard InChI is InChI=1S/C18H19ClN4O/c1-23(2)10-9-17-20-14-6-4-3-5-13(14)18(22-17)21-15-11-12(19)7-8-16(15)24/h3-8,11,24H,9-10H2,1-2H3,(H,20,21,22)/p+1. The highest BCUT2D eigenvalue weighted by molar-refractivity contribution is 6.31. The predicted molar refractivity (Wildman–Crippen MR) is 97.3 cm³/mol. The van der Waals surface area contributed by atoms with Crippen LogP contribution in [0.5, 0.6) is 5.75 Å². The number of para-hydroxylation sites is 1. The first-order valence-corrected chi connectivity index (χ1v) is 8.21. The van der Waals surface area contributed by atoms with Gasteiger partial charge in [-0.25, -0.2) is 9.97 Å². The zero-order valence-electron chi connectivity index (χ0n) is 13.7. The predicted octanol–water partition coefficient (Wildman–Crippen LogP) is 2.42. The second-order valence-corrected chi connectivity index (χ2v) is 6.44. The molecule has 0 aliphatic carbocycles. The third kappa shape index (κ3) is 3.75. The molecule has 0 aliphatic rings. The van der Waals surface area contributed by atoms with Crippen molar-refractivity contribution < 1.29 is 10.0 Å². The average Bonchev–Trinajstić information content (AvgIpc) is 2.56. The summed E-state index contributed by atoms with van der Waals surface area (Å²) in [6, 6.07) is 12.7. The molecule has 0 aliphatic heterocycles. The molecular weight excluding hydrogens is 324 g/mol. The zero-order chi connectivity index (χ0) is 17.1. The largest absolute Gasteiger partial charge is 0.506 e. The van der Waals surface area contributed by atoms with Gasteiger partial charge in [0.15, 0.2) is 0 Å². The molecule has 0 saturated heterocycles. The number of anilines is 2. The number of rotatable bonds is 5. The summed E-state index contributed by atoms with van der Waals surface area (Å²) >= 11 is 6.03. The quantitative estimate of drug-likeness (QED) is 0.623. The Morgan fingerprint density at radius 2 is 1.92 bits per heavy atom. The van der Waals surface area contributed by atoms with Crippen LogP contribution in [0.4, 0.5) is 11.5 Å². The maximum absolute atomic E-state index is 10.0. The van der Waals surface area contributed by atoms with E-state index in [9.17, 15) is 5.11 Å². The fraction of sp³-hybridized carbons (Fsp3) is 0.222. The van der Waals surface area contributed by atoms with Crippen molar-refractivity contribution in [2.75, 3.05) is 26.0 Å². The number of halogens is 1. The van der Waals surface area contributed by atoms with E-state index in [-0.39, 0.29) is 5.75 Å². The second kappa shape index (κ2) is 7.03. The molecule has 0 atom stereocenters. The molecule has 1 aromatic heterocycles. The second-order valence-electron chi connectivity index (χ2n) is 6.00. The molecule has 2 aromatic carbocycles. The molecule has 124 valence electrons. The number of likely N-dealkylation sites (N-methyl/N-ethyl adjacent to an activating group) is 1. The summed E-state index contributed by atoms with van der Waals surface area (Å²) in [5.41, 5.74) is 1.40. The Morgan fingerprint density at radius 1 is 1.12 bits per heavy atom. The van der Waals surface area contributed by atoms with Crippen LogP contribution in [-0.2, 0) is 6.42 Å². The summed E-state index contributed by atoms with van der Waals surface area (Å²) in [6.45, 7) is 0.945. The highest BCUT2D eigenvalue weighted by Gasteiger charge is 2.11. The molecule has 0 amide bonds. The topological polar surface area (TPSA) is 62.5 Å². The highest BCUT2D eigenvalue weighted by atomic mass is 35.5. The van der Waals surface area contributed by atoms with E-state index in [2.05, 4.69) is 29.4 Å². The van der Waals surface area contributed by atoms with Crippen LogP contribution in [0.2, 0.25) is 5.02 Å². The number of fused-ring (bicyclic) bond motifs is 1. The molecule has 0 bridgehead atoms. The van der Waals surface area contributed by atoms with Crippen LogP contribution in [0.1, 0.15) is 5.82 Å². The lowest BCUT2D eigenvalue weighted by atomic mass is 10.2. The zero-order valence-corrected chi connectivity index (χ0v) is 14.4. The average molecular weight is 344 g/mol. The van der Waals surface area contributed by atoms with E-state index in [1.807, 2.05) is 24.3 Å². The number of hydrogen-bond acceptors (Lipinski definition) is 4. The summed E-state index contributed by atoms with van der Waals surface area (Å²) < 4.78 is 0. The number of phenols is 1. The van der Waals surface area contributed by atoms with E-state index in [0.717, 1.165) is 29.7 Å². The Labute approximate surface area is 145 Å². The van der Waals surface area contributed by atoms with Crippen LogP contribution in [0.15, 0.2) is 42.5 Å². The first-order chi connectivity index (χ1) is 11.5. The summed E-state index contributed by atoms with van der Waals surface area (Å²) in [5.74, 6) is 1.57.